The first-order valence-corrected chi connectivity index (χ1v) is 7.79. The van der Waals surface area contributed by atoms with E-state index in [4.69, 9.17) is 12.2 Å². The summed E-state index contributed by atoms with van der Waals surface area (Å²) >= 11 is 4.84. The van der Waals surface area contributed by atoms with Crippen molar-refractivity contribution in [2.45, 2.75) is 58.8 Å². The predicted molar refractivity (Wildman–Crippen MR) is 87.6 cm³/mol. The van der Waals surface area contributed by atoms with Gasteiger partial charge in [0.1, 0.15) is 0 Å². The van der Waals surface area contributed by atoms with Crippen LogP contribution in [0.4, 0.5) is 0 Å². The van der Waals surface area contributed by atoms with Gasteiger partial charge in [0.15, 0.2) is 0 Å². The Bertz CT molecular complexity index is 308. The summed E-state index contributed by atoms with van der Waals surface area (Å²) < 4.78 is 0. The summed E-state index contributed by atoms with van der Waals surface area (Å²) in [6.07, 6.45) is 14.2. The number of hydrogen-bond donors (Lipinski definition) is 1. The zero-order valence-corrected chi connectivity index (χ0v) is 13.1. The molecule has 3 heteroatoms. The molecule has 0 heterocycles. The number of thiocarbonyl (C=S) groups is 1. The van der Waals surface area contributed by atoms with Gasteiger partial charge in [0, 0.05) is 11.9 Å². The molecule has 0 saturated heterocycles. The number of rotatable bonds is 11. The van der Waals surface area contributed by atoms with Gasteiger partial charge in [-0.3, -0.25) is 4.79 Å². The third-order valence-electron chi connectivity index (χ3n) is 2.92. The Kier molecular flexibility index (Phi) is 12.8. The molecule has 0 rings (SSSR count). The van der Waals surface area contributed by atoms with E-state index in [9.17, 15) is 4.79 Å². The Balaban J connectivity index is 3.65. The van der Waals surface area contributed by atoms with Crippen LogP contribution in [0.25, 0.3) is 0 Å². The summed E-state index contributed by atoms with van der Waals surface area (Å²) in [6.45, 7) is 4.88. The van der Waals surface area contributed by atoms with E-state index in [0.29, 0.717) is 5.57 Å². The lowest BCUT2D eigenvalue weighted by Crippen LogP contribution is -2.26. The Hall–Kier alpha value is -0.960. The second-order valence-electron chi connectivity index (χ2n) is 4.64. The molecule has 0 fully saturated rings. The SMILES string of the molecule is C/C=C\C=C(/C=S)C(=O)NCCCCCCCCC. The predicted octanol–water partition coefficient (Wildman–Crippen LogP) is 4.36. The highest BCUT2D eigenvalue weighted by Crippen LogP contribution is 2.06. The van der Waals surface area contributed by atoms with Gasteiger partial charge in [-0.1, -0.05) is 69.8 Å². The summed E-state index contributed by atoms with van der Waals surface area (Å²) in [5, 5.41) is 4.34. The second-order valence-corrected chi connectivity index (χ2v) is 4.88. The molecule has 0 radical (unpaired) electrons. The van der Waals surface area contributed by atoms with E-state index >= 15 is 0 Å². The van der Waals surface area contributed by atoms with Gasteiger partial charge in [0.2, 0.25) is 0 Å². The van der Waals surface area contributed by atoms with Crippen LogP contribution in [0.15, 0.2) is 23.8 Å². The Morgan fingerprint density at radius 1 is 1.11 bits per heavy atom. The molecule has 0 saturated carbocycles. The van der Waals surface area contributed by atoms with Gasteiger partial charge in [0.05, 0.1) is 5.57 Å². The van der Waals surface area contributed by atoms with Gasteiger partial charge in [-0.25, -0.2) is 0 Å². The zero-order valence-electron chi connectivity index (χ0n) is 12.3. The van der Waals surface area contributed by atoms with E-state index in [2.05, 4.69) is 12.2 Å². The molecule has 0 bridgehead atoms. The van der Waals surface area contributed by atoms with Crippen LogP contribution in [0.3, 0.4) is 0 Å². The molecule has 0 aliphatic rings. The van der Waals surface area contributed by atoms with E-state index in [1.807, 2.05) is 19.1 Å². The molecular weight excluding hydrogens is 254 g/mol. The van der Waals surface area contributed by atoms with Crippen molar-refractivity contribution >= 4 is 23.5 Å². The van der Waals surface area contributed by atoms with Crippen LogP contribution < -0.4 is 5.32 Å². The normalized spacial score (nSPS) is 11.8. The summed E-state index contributed by atoms with van der Waals surface area (Å²) in [6, 6.07) is 0. The molecule has 0 aromatic heterocycles. The van der Waals surface area contributed by atoms with Crippen molar-refractivity contribution in [3.05, 3.63) is 23.8 Å². The number of carbonyl (C=O) groups excluding carboxylic acids is 1. The van der Waals surface area contributed by atoms with Crippen molar-refractivity contribution in [3.8, 4) is 0 Å². The van der Waals surface area contributed by atoms with Crippen LogP contribution in [0.5, 0.6) is 0 Å². The fourth-order valence-electron chi connectivity index (χ4n) is 1.75. The largest absolute Gasteiger partial charge is 0.352 e. The zero-order chi connectivity index (χ0) is 14.3. The fraction of sp³-hybridized carbons (Fsp3) is 0.625. The smallest absolute Gasteiger partial charge is 0.252 e. The highest BCUT2D eigenvalue weighted by Gasteiger charge is 2.03. The summed E-state index contributed by atoms with van der Waals surface area (Å²) in [5.41, 5.74) is 0.552. The molecule has 1 N–H and O–H groups in total. The minimum atomic E-state index is -0.0703. The fourth-order valence-corrected chi connectivity index (χ4v) is 1.94. The molecule has 0 atom stereocenters. The average molecular weight is 281 g/mol. The molecule has 0 aliphatic heterocycles. The van der Waals surface area contributed by atoms with Crippen LogP contribution in [-0.4, -0.2) is 17.8 Å². The first-order chi connectivity index (χ1) is 9.26. The molecule has 1 amide bonds. The van der Waals surface area contributed by atoms with Gasteiger partial charge in [-0.15, -0.1) is 0 Å². The molecule has 0 aromatic carbocycles. The van der Waals surface area contributed by atoms with E-state index < -0.39 is 0 Å². The van der Waals surface area contributed by atoms with Crippen LogP contribution in [-0.2, 0) is 4.79 Å². The Morgan fingerprint density at radius 2 is 1.74 bits per heavy atom. The number of allylic oxidation sites excluding steroid dienone is 3. The van der Waals surface area contributed by atoms with Crippen LogP contribution in [0.1, 0.15) is 58.8 Å². The van der Waals surface area contributed by atoms with E-state index in [1.165, 1.54) is 43.9 Å². The quantitative estimate of drug-likeness (QED) is 0.264. The minimum Gasteiger partial charge on any atom is -0.352 e. The topological polar surface area (TPSA) is 29.1 Å². The number of hydrogen-bond acceptors (Lipinski definition) is 2. The van der Waals surface area contributed by atoms with E-state index in [0.717, 1.165) is 13.0 Å². The lowest BCUT2D eigenvalue weighted by molar-refractivity contribution is -0.116. The highest BCUT2D eigenvalue weighted by molar-refractivity contribution is 7.79. The number of nitrogens with one attached hydrogen (secondary N) is 1. The van der Waals surface area contributed by atoms with Gasteiger partial charge >= 0.3 is 0 Å². The average Bonchev–Trinajstić information content (AvgIpc) is 2.42. The van der Waals surface area contributed by atoms with Crippen LogP contribution >= 0.6 is 12.2 Å². The summed E-state index contributed by atoms with van der Waals surface area (Å²) in [4.78, 5) is 11.7. The summed E-state index contributed by atoms with van der Waals surface area (Å²) in [5.74, 6) is -0.0703. The van der Waals surface area contributed by atoms with Crippen molar-refractivity contribution in [1.82, 2.24) is 5.32 Å². The Labute approximate surface area is 123 Å². The van der Waals surface area contributed by atoms with Crippen molar-refractivity contribution in [1.29, 1.82) is 0 Å². The number of amides is 1. The lowest BCUT2D eigenvalue weighted by atomic mass is 10.1. The molecule has 2 nitrogen and oxygen atoms in total. The van der Waals surface area contributed by atoms with Crippen molar-refractivity contribution in [2.75, 3.05) is 6.54 Å². The number of carbonyl (C=O) groups is 1. The van der Waals surface area contributed by atoms with Crippen LogP contribution in [0.2, 0.25) is 0 Å². The monoisotopic (exact) mass is 281 g/mol. The molecule has 0 unspecified atom stereocenters. The maximum atomic E-state index is 11.7. The number of unbranched alkanes of at least 4 members (excludes halogenated alkanes) is 6. The molecule has 0 spiro atoms. The maximum Gasteiger partial charge on any atom is 0.252 e. The first-order valence-electron chi connectivity index (χ1n) is 7.32. The summed E-state index contributed by atoms with van der Waals surface area (Å²) in [7, 11) is 0. The van der Waals surface area contributed by atoms with Gasteiger partial charge in [0.25, 0.3) is 5.91 Å². The van der Waals surface area contributed by atoms with E-state index in [1.54, 1.807) is 6.08 Å². The Morgan fingerprint density at radius 3 is 2.32 bits per heavy atom. The molecule has 0 aromatic rings. The lowest BCUT2D eigenvalue weighted by Gasteiger charge is -2.05. The minimum absolute atomic E-state index is 0.0703. The van der Waals surface area contributed by atoms with Crippen LogP contribution in [0, 0.1) is 0 Å². The van der Waals surface area contributed by atoms with Crippen molar-refractivity contribution in [3.63, 3.8) is 0 Å². The van der Waals surface area contributed by atoms with Gasteiger partial charge in [-0.05, 0) is 19.4 Å². The van der Waals surface area contributed by atoms with Gasteiger partial charge < -0.3 is 5.32 Å². The molecule has 0 aliphatic carbocycles. The third kappa shape index (κ3) is 10.6. The maximum absolute atomic E-state index is 11.7. The van der Waals surface area contributed by atoms with Gasteiger partial charge in [-0.2, -0.15) is 0 Å². The molecule has 19 heavy (non-hydrogen) atoms. The first kappa shape index (κ1) is 18.0. The third-order valence-corrected chi connectivity index (χ3v) is 3.18. The standard InChI is InChI=1S/C16H27NOS/c1-3-5-7-8-9-10-11-13-17-16(18)15(14-19)12-6-4-2/h4,6,12,14H,3,5,7-11,13H2,1-2H3,(H,17,18)/b6-4-,15-12+. The highest BCUT2D eigenvalue weighted by atomic mass is 32.1. The second kappa shape index (κ2) is 13.5. The molecular formula is C16H27NOS. The molecule has 108 valence electrons. The van der Waals surface area contributed by atoms with Crippen molar-refractivity contribution in [2.24, 2.45) is 0 Å². The van der Waals surface area contributed by atoms with E-state index in [-0.39, 0.29) is 5.91 Å². The van der Waals surface area contributed by atoms with Crippen molar-refractivity contribution < 1.29 is 4.79 Å².